The van der Waals surface area contributed by atoms with Gasteiger partial charge in [-0.05, 0) is 120 Å². The van der Waals surface area contributed by atoms with Gasteiger partial charge in [-0.2, -0.15) is 0 Å². The van der Waals surface area contributed by atoms with Gasteiger partial charge in [-0.3, -0.25) is 0 Å². The van der Waals surface area contributed by atoms with E-state index in [0.717, 1.165) is 45.3 Å². The highest BCUT2D eigenvalue weighted by Crippen LogP contribution is 2.50. The highest BCUT2D eigenvalue weighted by molar-refractivity contribution is 8.32. The van der Waals surface area contributed by atoms with E-state index < -0.39 is 20.1 Å². The summed E-state index contributed by atoms with van der Waals surface area (Å²) in [6, 6.07) is 42.1. The lowest BCUT2D eigenvalue weighted by molar-refractivity contribution is 0.477. The Balaban J connectivity index is 1.31. The summed E-state index contributed by atoms with van der Waals surface area (Å²) in [5, 5.41) is 0. The number of nitrogens with zero attached hydrogens (tertiary/aromatic N) is 4. The number of hydrogen-bond acceptors (Lipinski definition) is 5. The molecule has 0 aliphatic carbocycles. The predicted molar refractivity (Wildman–Crippen MR) is 198 cm³/mol. The van der Waals surface area contributed by atoms with E-state index in [1.807, 2.05) is 36.4 Å². The minimum absolute atomic E-state index is 0.644. The summed E-state index contributed by atoms with van der Waals surface area (Å²) in [6.07, 6.45) is 13.8. The van der Waals surface area contributed by atoms with Gasteiger partial charge in [0.2, 0.25) is 0 Å². The maximum atomic E-state index is 6.22. The van der Waals surface area contributed by atoms with E-state index in [0.29, 0.717) is 17.5 Å². The molecule has 46 heavy (non-hydrogen) atoms. The maximum absolute atomic E-state index is 6.22. The Morgan fingerprint density at radius 1 is 0.435 bits per heavy atom. The third kappa shape index (κ3) is 5.88. The van der Waals surface area contributed by atoms with Gasteiger partial charge < -0.3 is 9.64 Å². The lowest BCUT2D eigenvalue weighted by Crippen LogP contribution is -2.15. The first-order valence-electron chi connectivity index (χ1n) is 15.1. The molecular weight excluding hydrogens is 605 g/mol. The second kappa shape index (κ2) is 11.6. The number of para-hydroxylation sites is 4. The van der Waals surface area contributed by atoms with Crippen molar-refractivity contribution in [3.63, 3.8) is 0 Å². The highest BCUT2D eigenvalue weighted by Gasteiger charge is 2.25. The van der Waals surface area contributed by atoms with Crippen LogP contribution >= 0.6 is 20.1 Å². The fourth-order valence-corrected chi connectivity index (χ4v) is 7.44. The topological polar surface area (TPSA) is 51.1 Å². The highest BCUT2D eigenvalue weighted by atomic mass is 32.3. The zero-order chi connectivity index (χ0) is 32.1. The molecule has 7 rings (SSSR count). The Morgan fingerprint density at radius 3 is 1.15 bits per heavy atom. The van der Waals surface area contributed by atoms with Crippen molar-refractivity contribution in [2.45, 2.75) is 9.79 Å². The van der Waals surface area contributed by atoms with Crippen molar-refractivity contribution >= 4 is 37.1 Å². The van der Waals surface area contributed by atoms with Crippen LogP contribution in [0.4, 0.5) is 17.1 Å². The number of rotatable bonds is 6. The summed E-state index contributed by atoms with van der Waals surface area (Å²) in [6.45, 7) is 0. The monoisotopic (exact) mass is 642 g/mol. The van der Waals surface area contributed by atoms with Gasteiger partial charge in [0, 0.05) is 22.4 Å². The van der Waals surface area contributed by atoms with Gasteiger partial charge in [0.15, 0.2) is 29.0 Å². The zero-order valence-corrected chi connectivity index (χ0v) is 28.7. The van der Waals surface area contributed by atoms with Gasteiger partial charge in [0.1, 0.15) is 0 Å². The van der Waals surface area contributed by atoms with Gasteiger partial charge >= 0.3 is 0 Å². The van der Waals surface area contributed by atoms with E-state index in [1.165, 1.54) is 9.79 Å². The van der Waals surface area contributed by atoms with Crippen LogP contribution in [0.15, 0.2) is 131 Å². The Labute approximate surface area is 275 Å². The van der Waals surface area contributed by atoms with Crippen LogP contribution in [0.1, 0.15) is 0 Å². The first-order valence-corrected chi connectivity index (χ1v) is 20.9. The van der Waals surface area contributed by atoms with Crippen LogP contribution in [0.25, 0.3) is 34.2 Å². The summed E-state index contributed by atoms with van der Waals surface area (Å²) < 4.78 is 6.22. The SMILES string of the molecule is CS(C)(C)c1ccc(-c2nc(-c3ccc(N4c5ccccc5Oc5ccccc54)cc3)nc(-c3ccc(S(C)(C)C)cc3)n2)cc1. The summed E-state index contributed by atoms with van der Waals surface area (Å²) in [5.41, 5.74) is 5.91. The van der Waals surface area contributed by atoms with Gasteiger partial charge in [-0.25, -0.2) is 35.0 Å². The Kier molecular flexibility index (Phi) is 7.62. The van der Waals surface area contributed by atoms with E-state index in [9.17, 15) is 0 Å². The fraction of sp³-hybridized carbons (Fsp3) is 0.154. The molecule has 0 fully saturated rings. The second-order valence-electron chi connectivity index (χ2n) is 12.9. The van der Waals surface area contributed by atoms with Crippen molar-refractivity contribution in [1.82, 2.24) is 15.0 Å². The lowest BCUT2D eigenvalue weighted by Gasteiger charge is -2.32. The molecule has 1 aliphatic rings. The molecule has 0 atom stereocenters. The lowest BCUT2D eigenvalue weighted by atomic mass is 10.1. The molecule has 0 unspecified atom stereocenters. The first-order chi connectivity index (χ1) is 22.0. The third-order valence-corrected chi connectivity index (χ3v) is 11.5. The normalized spacial score (nSPS) is 13.4. The maximum Gasteiger partial charge on any atom is 0.164 e. The van der Waals surface area contributed by atoms with Crippen molar-refractivity contribution in [2.75, 3.05) is 42.4 Å². The zero-order valence-electron chi connectivity index (χ0n) is 27.1. The molecule has 0 amide bonds. The third-order valence-electron chi connectivity index (χ3n) is 8.09. The van der Waals surface area contributed by atoms with Crippen LogP contribution in [-0.2, 0) is 0 Å². The van der Waals surface area contributed by atoms with Crippen LogP contribution < -0.4 is 9.64 Å². The van der Waals surface area contributed by atoms with Gasteiger partial charge in [0.05, 0.1) is 11.4 Å². The number of anilines is 3. The Hall–Kier alpha value is -4.59. The van der Waals surface area contributed by atoms with Crippen LogP contribution in [-0.4, -0.2) is 52.5 Å². The molecule has 0 N–H and O–H groups in total. The molecule has 0 bridgehead atoms. The van der Waals surface area contributed by atoms with Crippen molar-refractivity contribution in [3.05, 3.63) is 121 Å². The number of ether oxygens (including phenoxy) is 1. The van der Waals surface area contributed by atoms with Crippen LogP contribution in [0.5, 0.6) is 11.5 Å². The van der Waals surface area contributed by atoms with Crippen molar-refractivity contribution in [2.24, 2.45) is 0 Å². The molecule has 0 spiro atoms. The Bertz CT molecular complexity index is 1910. The summed E-state index contributed by atoms with van der Waals surface area (Å²) in [4.78, 5) is 20.0. The van der Waals surface area contributed by atoms with E-state index in [1.54, 1.807) is 0 Å². The standard InChI is InChI=1S/C39H38N4OS2/c1-45(2,3)31-23-17-28(18-24-31)38-40-37(41-39(42-38)29-19-25-32(26-20-29)46(4,5)6)27-15-21-30(22-16-27)43-33-11-7-9-13-35(33)44-36-14-10-8-12-34(36)43/h7-26H,1-6H3. The smallest absolute Gasteiger partial charge is 0.164 e. The fourth-order valence-electron chi connectivity index (χ4n) is 5.53. The molecule has 1 aliphatic heterocycles. The second-order valence-corrected chi connectivity index (χ2v) is 21.2. The van der Waals surface area contributed by atoms with Crippen molar-refractivity contribution < 1.29 is 4.74 Å². The molecule has 5 aromatic carbocycles. The molecule has 0 saturated carbocycles. The van der Waals surface area contributed by atoms with Crippen LogP contribution in [0, 0.1) is 0 Å². The largest absolute Gasteiger partial charge is 0.453 e. The molecule has 5 nitrogen and oxygen atoms in total. The predicted octanol–water partition coefficient (Wildman–Crippen LogP) is 10.6. The summed E-state index contributed by atoms with van der Waals surface area (Å²) in [5.74, 6) is 3.64. The molecule has 0 saturated heterocycles. The summed E-state index contributed by atoms with van der Waals surface area (Å²) in [7, 11) is -1.67. The van der Waals surface area contributed by atoms with E-state index in [4.69, 9.17) is 19.7 Å². The van der Waals surface area contributed by atoms with Crippen molar-refractivity contribution in [3.8, 4) is 45.7 Å². The number of benzene rings is 5. The number of hydrogen-bond donors (Lipinski definition) is 0. The molecule has 1 aromatic heterocycles. The van der Waals surface area contributed by atoms with Gasteiger partial charge in [0.25, 0.3) is 0 Å². The Morgan fingerprint density at radius 2 is 0.783 bits per heavy atom. The van der Waals surface area contributed by atoms with E-state index in [2.05, 4.69) is 127 Å². The van der Waals surface area contributed by atoms with Gasteiger partial charge in [-0.15, -0.1) is 0 Å². The molecule has 2 heterocycles. The van der Waals surface area contributed by atoms with Gasteiger partial charge in [-0.1, -0.05) is 48.5 Å². The van der Waals surface area contributed by atoms with Crippen molar-refractivity contribution in [1.29, 1.82) is 0 Å². The molecule has 232 valence electrons. The van der Waals surface area contributed by atoms with E-state index >= 15 is 0 Å². The minimum atomic E-state index is -0.834. The van der Waals surface area contributed by atoms with E-state index in [-0.39, 0.29) is 0 Å². The molecule has 7 heteroatoms. The summed E-state index contributed by atoms with van der Waals surface area (Å²) >= 11 is 0. The van der Waals surface area contributed by atoms with Crippen LogP contribution in [0.2, 0.25) is 0 Å². The quantitative estimate of drug-likeness (QED) is 0.181. The van der Waals surface area contributed by atoms with Crippen LogP contribution in [0.3, 0.4) is 0 Å². The molecular formula is C39H38N4OS2. The number of aromatic nitrogens is 3. The average molecular weight is 643 g/mol. The average Bonchev–Trinajstić information content (AvgIpc) is 3.06. The minimum Gasteiger partial charge on any atom is -0.453 e. The molecule has 6 aromatic rings. The molecule has 0 radical (unpaired) electrons. The number of fused-ring (bicyclic) bond motifs is 2. The first kappa shape index (κ1) is 30.1.